The number of para-hydroxylation sites is 1. The van der Waals surface area contributed by atoms with E-state index in [1.807, 2.05) is 19.1 Å². The molecule has 0 amide bonds. The summed E-state index contributed by atoms with van der Waals surface area (Å²) in [4.78, 5) is 4.53. The van der Waals surface area contributed by atoms with Gasteiger partial charge < -0.3 is 20.5 Å². The molecule has 5 nitrogen and oxygen atoms in total. The lowest BCUT2D eigenvalue weighted by atomic mass is 10.2. The second kappa shape index (κ2) is 7.57. The van der Waals surface area contributed by atoms with Crippen molar-refractivity contribution in [2.75, 3.05) is 13.7 Å². The van der Waals surface area contributed by atoms with Gasteiger partial charge in [-0.25, -0.2) is 4.99 Å². The standard InChI is InChI=1S/C16H23N3O2/c1-3-17-16(19-13-8-4-5-9-13)18-11-12-7-6-10-14(21-2)15(12)20/h4-7,10,13,20H,3,8-9,11H2,1-2H3,(H2,17,18,19). The van der Waals surface area contributed by atoms with Crippen molar-refractivity contribution in [2.24, 2.45) is 4.99 Å². The number of benzene rings is 1. The summed E-state index contributed by atoms with van der Waals surface area (Å²) in [7, 11) is 1.54. The fourth-order valence-corrected chi connectivity index (χ4v) is 2.27. The minimum atomic E-state index is 0.155. The molecular weight excluding hydrogens is 266 g/mol. The van der Waals surface area contributed by atoms with Crippen LogP contribution in [0.25, 0.3) is 0 Å². The first-order valence-corrected chi connectivity index (χ1v) is 7.29. The monoisotopic (exact) mass is 289 g/mol. The van der Waals surface area contributed by atoms with Crippen LogP contribution in [0.2, 0.25) is 0 Å². The SMILES string of the molecule is CCNC(=NCc1cccc(OC)c1O)NC1CC=CC1. The van der Waals surface area contributed by atoms with Gasteiger partial charge in [-0.15, -0.1) is 0 Å². The van der Waals surface area contributed by atoms with E-state index in [-0.39, 0.29) is 5.75 Å². The average molecular weight is 289 g/mol. The van der Waals surface area contributed by atoms with Crippen molar-refractivity contribution in [1.29, 1.82) is 0 Å². The zero-order chi connectivity index (χ0) is 15.1. The molecule has 3 N–H and O–H groups in total. The van der Waals surface area contributed by atoms with Gasteiger partial charge in [-0.3, -0.25) is 0 Å². The molecule has 0 aliphatic heterocycles. The van der Waals surface area contributed by atoms with Crippen LogP contribution in [0.3, 0.4) is 0 Å². The second-order valence-electron chi connectivity index (χ2n) is 4.95. The van der Waals surface area contributed by atoms with Crippen molar-refractivity contribution >= 4 is 5.96 Å². The van der Waals surface area contributed by atoms with Crippen molar-refractivity contribution in [3.8, 4) is 11.5 Å². The third-order valence-electron chi connectivity index (χ3n) is 3.40. The number of hydrogen-bond donors (Lipinski definition) is 3. The maximum Gasteiger partial charge on any atom is 0.191 e. The quantitative estimate of drug-likeness (QED) is 0.441. The molecule has 0 radical (unpaired) electrons. The highest BCUT2D eigenvalue weighted by Gasteiger charge is 2.12. The van der Waals surface area contributed by atoms with E-state index >= 15 is 0 Å². The van der Waals surface area contributed by atoms with E-state index in [0.717, 1.165) is 30.9 Å². The lowest BCUT2D eigenvalue weighted by Gasteiger charge is -2.17. The number of nitrogens with zero attached hydrogens (tertiary/aromatic N) is 1. The Morgan fingerprint density at radius 3 is 2.81 bits per heavy atom. The van der Waals surface area contributed by atoms with E-state index in [2.05, 4.69) is 27.8 Å². The van der Waals surface area contributed by atoms with Crippen molar-refractivity contribution in [2.45, 2.75) is 32.4 Å². The average Bonchev–Trinajstić information content (AvgIpc) is 2.99. The zero-order valence-corrected chi connectivity index (χ0v) is 12.6. The third-order valence-corrected chi connectivity index (χ3v) is 3.40. The Bertz CT molecular complexity index is 518. The van der Waals surface area contributed by atoms with Gasteiger partial charge in [0.15, 0.2) is 17.5 Å². The molecule has 1 aliphatic carbocycles. The molecule has 0 unspecified atom stereocenters. The van der Waals surface area contributed by atoms with E-state index in [1.165, 1.54) is 0 Å². The molecule has 114 valence electrons. The van der Waals surface area contributed by atoms with Crippen LogP contribution in [0.1, 0.15) is 25.3 Å². The lowest BCUT2D eigenvalue weighted by Crippen LogP contribution is -2.42. The van der Waals surface area contributed by atoms with Gasteiger partial charge in [-0.05, 0) is 25.8 Å². The van der Waals surface area contributed by atoms with Crippen LogP contribution < -0.4 is 15.4 Å². The van der Waals surface area contributed by atoms with Gasteiger partial charge in [0.05, 0.1) is 13.7 Å². The maximum absolute atomic E-state index is 10.1. The number of nitrogens with one attached hydrogen (secondary N) is 2. The van der Waals surface area contributed by atoms with Gasteiger partial charge in [0.2, 0.25) is 0 Å². The van der Waals surface area contributed by atoms with E-state index < -0.39 is 0 Å². The Kier molecular flexibility index (Phi) is 5.49. The summed E-state index contributed by atoms with van der Waals surface area (Å²) in [5.41, 5.74) is 0.746. The summed E-state index contributed by atoms with van der Waals surface area (Å²) in [6.07, 6.45) is 6.40. The number of methoxy groups -OCH3 is 1. The van der Waals surface area contributed by atoms with Gasteiger partial charge in [0, 0.05) is 18.2 Å². The second-order valence-corrected chi connectivity index (χ2v) is 4.95. The Balaban J connectivity index is 2.04. The Labute approximate surface area is 125 Å². The summed E-state index contributed by atoms with van der Waals surface area (Å²) in [5.74, 6) is 1.40. The summed E-state index contributed by atoms with van der Waals surface area (Å²) in [6, 6.07) is 5.84. The smallest absolute Gasteiger partial charge is 0.191 e. The molecule has 5 heteroatoms. The van der Waals surface area contributed by atoms with Crippen LogP contribution in [0.5, 0.6) is 11.5 Å². The largest absolute Gasteiger partial charge is 0.504 e. The fraction of sp³-hybridized carbons (Fsp3) is 0.438. The molecule has 0 saturated carbocycles. The van der Waals surface area contributed by atoms with E-state index in [9.17, 15) is 5.11 Å². The summed E-state index contributed by atoms with van der Waals surface area (Å²) < 4.78 is 5.11. The first-order valence-electron chi connectivity index (χ1n) is 7.29. The molecule has 0 fully saturated rings. The van der Waals surface area contributed by atoms with Crippen LogP contribution in [-0.4, -0.2) is 30.8 Å². The highest BCUT2D eigenvalue weighted by Crippen LogP contribution is 2.29. The Morgan fingerprint density at radius 1 is 1.38 bits per heavy atom. The van der Waals surface area contributed by atoms with Gasteiger partial charge in [0.25, 0.3) is 0 Å². The number of aromatic hydroxyl groups is 1. The van der Waals surface area contributed by atoms with Crippen molar-refractivity contribution in [1.82, 2.24) is 10.6 Å². The molecule has 0 spiro atoms. The number of ether oxygens (including phenoxy) is 1. The summed E-state index contributed by atoms with van der Waals surface area (Å²) >= 11 is 0. The van der Waals surface area contributed by atoms with Crippen LogP contribution in [0.4, 0.5) is 0 Å². The Morgan fingerprint density at radius 2 is 2.14 bits per heavy atom. The van der Waals surface area contributed by atoms with Crippen molar-refractivity contribution < 1.29 is 9.84 Å². The van der Waals surface area contributed by atoms with Crippen LogP contribution in [-0.2, 0) is 6.54 Å². The van der Waals surface area contributed by atoms with Gasteiger partial charge >= 0.3 is 0 Å². The molecule has 1 aromatic carbocycles. The van der Waals surface area contributed by atoms with E-state index in [1.54, 1.807) is 13.2 Å². The predicted molar refractivity (Wildman–Crippen MR) is 84.8 cm³/mol. The van der Waals surface area contributed by atoms with Crippen molar-refractivity contribution in [3.05, 3.63) is 35.9 Å². The van der Waals surface area contributed by atoms with Crippen LogP contribution in [0, 0.1) is 0 Å². The van der Waals surface area contributed by atoms with E-state index in [4.69, 9.17) is 4.74 Å². The number of phenols is 1. The molecule has 1 aliphatic rings. The fourth-order valence-electron chi connectivity index (χ4n) is 2.27. The van der Waals surface area contributed by atoms with Crippen LogP contribution in [0.15, 0.2) is 35.3 Å². The topological polar surface area (TPSA) is 65.9 Å². The number of hydrogen-bond acceptors (Lipinski definition) is 3. The highest BCUT2D eigenvalue weighted by molar-refractivity contribution is 5.80. The summed E-state index contributed by atoms with van der Waals surface area (Å²) in [5, 5.41) is 16.7. The number of guanidine groups is 1. The first kappa shape index (κ1) is 15.2. The van der Waals surface area contributed by atoms with Gasteiger partial charge in [-0.1, -0.05) is 24.3 Å². The number of rotatable bonds is 5. The van der Waals surface area contributed by atoms with Gasteiger partial charge in [-0.2, -0.15) is 0 Å². The molecule has 21 heavy (non-hydrogen) atoms. The normalized spacial score (nSPS) is 15.2. The highest BCUT2D eigenvalue weighted by atomic mass is 16.5. The number of phenolic OH excluding ortho intramolecular Hbond substituents is 1. The summed E-state index contributed by atoms with van der Waals surface area (Å²) in [6.45, 7) is 3.24. The van der Waals surface area contributed by atoms with Crippen molar-refractivity contribution in [3.63, 3.8) is 0 Å². The molecule has 2 rings (SSSR count). The predicted octanol–water partition coefficient (Wildman–Crippen LogP) is 2.17. The van der Waals surface area contributed by atoms with Gasteiger partial charge in [0.1, 0.15) is 0 Å². The molecular formula is C16H23N3O2. The third kappa shape index (κ3) is 4.15. The zero-order valence-electron chi connectivity index (χ0n) is 12.6. The molecule has 1 aromatic rings. The van der Waals surface area contributed by atoms with Crippen LogP contribution >= 0.6 is 0 Å². The Hall–Kier alpha value is -2.17. The minimum absolute atomic E-state index is 0.155. The minimum Gasteiger partial charge on any atom is -0.504 e. The molecule has 0 aromatic heterocycles. The molecule has 0 heterocycles. The molecule has 0 atom stereocenters. The molecule has 0 bridgehead atoms. The maximum atomic E-state index is 10.1. The van der Waals surface area contributed by atoms with E-state index in [0.29, 0.717) is 18.3 Å². The molecule has 0 saturated heterocycles. The first-order chi connectivity index (χ1) is 10.2. The number of aliphatic imine (C=N–C) groups is 1. The lowest BCUT2D eigenvalue weighted by molar-refractivity contribution is 0.370.